The zero-order valence-electron chi connectivity index (χ0n) is 10.9. The molecule has 0 amide bonds. The Morgan fingerprint density at radius 3 is 2.21 bits per heavy atom. The summed E-state index contributed by atoms with van der Waals surface area (Å²) >= 11 is 0. The molecular formula is C11H21NO5S2. The standard InChI is InChI=1S/C11H21NO5S2/c13-18(14,7-8-19(15,16)17)12-6-5-10-3-1-2-4-11(10)9-12/h10-11H,1-9H2,(H,15,16,17). The summed E-state index contributed by atoms with van der Waals surface area (Å²) in [5.74, 6) is -0.201. The summed E-state index contributed by atoms with van der Waals surface area (Å²) in [5.41, 5.74) is 0. The van der Waals surface area contributed by atoms with Crippen LogP contribution in [0.4, 0.5) is 0 Å². The normalized spacial score (nSPS) is 29.9. The molecule has 1 saturated carbocycles. The van der Waals surface area contributed by atoms with Gasteiger partial charge < -0.3 is 0 Å². The van der Waals surface area contributed by atoms with Crippen LogP contribution in [-0.4, -0.2) is 50.3 Å². The van der Waals surface area contributed by atoms with Crippen LogP contribution in [0.2, 0.25) is 0 Å². The fourth-order valence-corrected chi connectivity index (χ4v) is 5.91. The molecule has 2 unspecified atom stereocenters. The first kappa shape index (κ1) is 15.2. The Hall–Kier alpha value is -0.180. The van der Waals surface area contributed by atoms with Gasteiger partial charge in [0.2, 0.25) is 10.0 Å². The number of rotatable bonds is 4. The van der Waals surface area contributed by atoms with Gasteiger partial charge in [-0.3, -0.25) is 4.55 Å². The summed E-state index contributed by atoms with van der Waals surface area (Å²) < 4.78 is 55.5. The van der Waals surface area contributed by atoms with Crippen molar-refractivity contribution >= 4 is 20.1 Å². The van der Waals surface area contributed by atoms with E-state index in [0.29, 0.717) is 24.9 Å². The van der Waals surface area contributed by atoms with Crippen molar-refractivity contribution in [1.29, 1.82) is 0 Å². The van der Waals surface area contributed by atoms with Crippen molar-refractivity contribution in [3.8, 4) is 0 Å². The molecule has 8 heteroatoms. The van der Waals surface area contributed by atoms with Crippen LogP contribution in [0, 0.1) is 11.8 Å². The average Bonchev–Trinajstić information content (AvgIpc) is 2.35. The highest BCUT2D eigenvalue weighted by molar-refractivity contribution is 7.91. The van der Waals surface area contributed by atoms with Gasteiger partial charge in [-0.1, -0.05) is 19.3 Å². The summed E-state index contributed by atoms with van der Waals surface area (Å²) in [7, 11) is -7.80. The van der Waals surface area contributed by atoms with E-state index in [1.54, 1.807) is 0 Å². The summed E-state index contributed by atoms with van der Waals surface area (Å²) in [6.07, 6.45) is 5.51. The second kappa shape index (κ2) is 5.67. The van der Waals surface area contributed by atoms with Gasteiger partial charge in [-0.25, -0.2) is 12.7 Å². The van der Waals surface area contributed by atoms with Gasteiger partial charge in [-0.05, 0) is 24.7 Å². The van der Waals surface area contributed by atoms with E-state index in [-0.39, 0.29) is 0 Å². The summed E-state index contributed by atoms with van der Waals surface area (Å²) in [6, 6.07) is 0. The minimum absolute atomic E-state index is 0.419. The highest BCUT2D eigenvalue weighted by Gasteiger charge is 2.35. The summed E-state index contributed by atoms with van der Waals surface area (Å²) in [4.78, 5) is 0. The maximum Gasteiger partial charge on any atom is 0.265 e. The Labute approximate surface area is 115 Å². The topological polar surface area (TPSA) is 91.7 Å². The monoisotopic (exact) mass is 311 g/mol. The molecule has 0 radical (unpaired) electrons. The lowest BCUT2D eigenvalue weighted by molar-refractivity contribution is 0.136. The lowest BCUT2D eigenvalue weighted by Crippen LogP contribution is -2.46. The molecule has 1 saturated heterocycles. The largest absolute Gasteiger partial charge is 0.286 e. The van der Waals surface area contributed by atoms with E-state index in [2.05, 4.69) is 0 Å². The molecule has 1 heterocycles. The van der Waals surface area contributed by atoms with E-state index in [0.717, 1.165) is 19.3 Å². The maximum absolute atomic E-state index is 12.1. The first-order valence-electron chi connectivity index (χ1n) is 6.71. The van der Waals surface area contributed by atoms with Crippen LogP contribution in [0.1, 0.15) is 32.1 Å². The lowest BCUT2D eigenvalue weighted by atomic mass is 9.76. The van der Waals surface area contributed by atoms with Crippen LogP contribution >= 0.6 is 0 Å². The smallest absolute Gasteiger partial charge is 0.265 e. The summed E-state index contributed by atoms with van der Waals surface area (Å²) in [6.45, 7) is 0.994. The van der Waals surface area contributed by atoms with Gasteiger partial charge in [0.25, 0.3) is 10.1 Å². The first-order valence-corrected chi connectivity index (χ1v) is 9.93. The molecule has 2 aliphatic rings. The highest BCUT2D eigenvalue weighted by Crippen LogP contribution is 2.36. The van der Waals surface area contributed by atoms with E-state index in [1.807, 2.05) is 0 Å². The van der Waals surface area contributed by atoms with Crippen molar-refractivity contribution in [1.82, 2.24) is 4.31 Å². The predicted molar refractivity (Wildman–Crippen MR) is 71.8 cm³/mol. The van der Waals surface area contributed by atoms with Crippen molar-refractivity contribution in [2.75, 3.05) is 24.6 Å². The van der Waals surface area contributed by atoms with E-state index in [1.165, 1.54) is 17.1 Å². The van der Waals surface area contributed by atoms with E-state index < -0.39 is 31.6 Å². The number of nitrogens with zero attached hydrogens (tertiary/aromatic N) is 1. The van der Waals surface area contributed by atoms with Gasteiger partial charge in [0.15, 0.2) is 0 Å². The van der Waals surface area contributed by atoms with Gasteiger partial charge in [0.05, 0.1) is 11.5 Å². The van der Waals surface area contributed by atoms with Crippen LogP contribution in [0.15, 0.2) is 0 Å². The summed E-state index contributed by atoms with van der Waals surface area (Å²) in [5, 5.41) is 0. The fourth-order valence-electron chi connectivity index (χ4n) is 3.16. The molecule has 0 aromatic carbocycles. The molecule has 0 aromatic rings. The van der Waals surface area contributed by atoms with Crippen LogP contribution < -0.4 is 0 Å². The van der Waals surface area contributed by atoms with Crippen molar-refractivity contribution in [2.45, 2.75) is 32.1 Å². The Bertz CT molecular complexity index is 513. The van der Waals surface area contributed by atoms with Crippen LogP contribution in [-0.2, 0) is 20.1 Å². The zero-order chi connectivity index (χ0) is 14.1. The number of piperidine rings is 1. The molecule has 0 bridgehead atoms. The molecule has 2 atom stereocenters. The van der Waals surface area contributed by atoms with Crippen molar-refractivity contribution in [3.05, 3.63) is 0 Å². The average molecular weight is 311 g/mol. The minimum Gasteiger partial charge on any atom is -0.286 e. The zero-order valence-corrected chi connectivity index (χ0v) is 12.5. The van der Waals surface area contributed by atoms with Gasteiger partial charge in [-0.2, -0.15) is 8.42 Å². The molecule has 2 fully saturated rings. The third-order valence-corrected chi connectivity index (χ3v) is 7.06. The number of fused-ring (bicyclic) bond motifs is 1. The molecule has 0 aromatic heterocycles. The molecule has 1 aliphatic heterocycles. The lowest BCUT2D eigenvalue weighted by Gasteiger charge is -2.40. The van der Waals surface area contributed by atoms with Crippen molar-refractivity contribution in [3.63, 3.8) is 0 Å². The van der Waals surface area contributed by atoms with Gasteiger partial charge in [0.1, 0.15) is 0 Å². The SMILES string of the molecule is O=S(=O)(O)CCS(=O)(=O)N1CCC2CCCCC2C1. The van der Waals surface area contributed by atoms with Gasteiger partial charge >= 0.3 is 0 Å². The molecule has 0 spiro atoms. The highest BCUT2D eigenvalue weighted by atomic mass is 32.2. The molecule has 1 aliphatic carbocycles. The van der Waals surface area contributed by atoms with Crippen LogP contribution in [0.25, 0.3) is 0 Å². The van der Waals surface area contributed by atoms with Crippen molar-refractivity contribution < 1.29 is 21.4 Å². The molecular weight excluding hydrogens is 290 g/mol. The molecule has 2 rings (SSSR count). The third kappa shape index (κ3) is 4.14. The third-order valence-electron chi connectivity index (χ3n) is 4.25. The molecule has 6 nitrogen and oxygen atoms in total. The van der Waals surface area contributed by atoms with Gasteiger partial charge in [0, 0.05) is 13.1 Å². The second-order valence-corrected chi connectivity index (χ2v) is 9.21. The molecule has 19 heavy (non-hydrogen) atoms. The number of hydrogen-bond donors (Lipinski definition) is 1. The Morgan fingerprint density at radius 1 is 0.947 bits per heavy atom. The first-order chi connectivity index (χ1) is 8.78. The predicted octanol–water partition coefficient (Wildman–Crippen LogP) is 0.716. The molecule has 112 valence electrons. The minimum atomic E-state index is -4.23. The number of hydrogen-bond acceptors (Lipinski definition) is 4. The van der Waals surface area contributed by atoms with Crippen LogP contribution in [0.3, 0.4) is 0 Å². The van der Waals surface area contributed by atoms with Crippen LogP contribution in [0.5, 0.6) is 0 Å². The Balaban J connectivity index is 1.97. The van der Waals surface area contributed by atoms with E-state index in [9.17, 15) is 16.8 Å². The van der Waals surface area contributed by atoms with Gasteiger partial charge in [-0.15, -0.1) is 0 Å². The Morgan fingerprint density at radius 2 is 1.58 bits per heavy atom. The quantitative estimate of drug-likeness (QED) is 0.772. The van der Waals surface area contributed by atoms with E-state index >= 15 is 0 Å². The fraction of sp³-hybridized carbons (Fsp3) is 1.00. The Kier molecular flexibility index (Phi) is 4.54. The number of sulfonamides is 1. The molecule has 1 N–H and O–H groups in total. The van der Waals surface area contributed by atoms with E-state index in [4.69, 9.17) is 4.55 Å². The van der Waals surface area contributed by atoms with Crippen molar-refractivity contribution in [2.24, 2.45) is 11.8 Å². The maximum atomic E-state index is 12.1. The second-order valence-electron chi connectivity index (χ2n) is 5.55.